The van der Waals surface area contributed by atoms with Gasteiger partial charge in [0.25, 0.3) is 11.8 Å². The van der Waals surface area contributed by atoms with E-state index < -0.39 is 12.0 Å². The second-order valence-corrected chi connectivity index (χ2v) is 6.80. The van der Waals surface area contributed by atoms with Gasteiger partial charge in [0.05, 0.1) is 0 Å². The molecule has 2 N–H and O–H groups in total. The highest BCUT2D eigenvalue weighted by molar-refractivity contribution is 5.95. The van der Waals surface area contributed by atoms with E-state index >= 15 is 0 Å². The first-order valence-electron chi connectivity index (χ1n) is 8.11. The van der Waals surface area contributed by atoms with Gasteiger partial charge in [-0.1, -0.05) is 63.2 Å². The van der Waals surface area contributed by atoms with Crippen molar-refractivity contribution < 1.29 is 14.3 Å². The number of amides is 2. The van der Waals surface area contributed by atoms with Gasteiger partial charge in [-0.05, 0) is 28.7 Å². The molecule has 2 rings (SSSR count). The summed E-state index contributed by atoms with van der Waals surface area (Å²) in [6.45, 7) is 6.32. The quantitative estimate of drug-likeness (QED) is 0.840. The maximum atomic E-state index is 12.2. The maximum absolute atomic E-state index is 12.2. The number of methoxy groups -OCH3 is 1. The Bertz CT molecular complexity index is 719. The Labute approximate surface area is 148 Å². The highest BCUT2D eigenvalue weighted by Gasteiger charge is 2.20. The molecule has 2 amide bonds. The van der Waals surface area contributed by atoms with Gasteiger partial charge in [-0.25, -0.2) is 0 Å². The van der Waals surface area contributed by atoms with Gasteiger partial charge in [0.2, 0.25) is 0 Å². The van der Waals surface area contributed by atoms with Crippen LogP contribution in [0.15, 0.2) is 54.6 Å². The molecule has 1 atom stereocenters. The molecule has 0 saturated carbocycles. The van der Waals surface area contributed by atoms with E-state index in [0.717, 1.165) is 5.56 Å². The van der Waals surface area contributed by atoms with Crippen LogP contribution in [0, 0.1) is 0 Å². The predicted octanol–water partition coefficient (Wildman–Crippen LogP) is 3.13. The minimum atomic E-state index is -0.787. The zero-order valence-electron chi connectivity index (χ0n) is 15.0. The number of nitrogens with one attached hydrogen (secondary N) is 2. The van der Waals surface area contributed by atoms with Crippen molar-refractivity contribution in [3.8, 4) is 0 Å². The van der Waals surface area contributed by atoms with E-state index in [1.807, 2.05) is 30.3 Å². The van der Waals surface area contributed by atoms with Crippen molar-refractivity contribution in [3.63, 3.8) is 0 Å². The number of benzene rings is 2. The first-order valence-corrected chi connectivity index (χ1v) is 8.11. The second-order valence-electron chi connectivity index (χ2n) is 6.80. The van der Waals surface area contributed by atoms with Gasteiger partial charge >= 0.3 is 0 Å². The minimum absolute atomic E-state index is 0.0184. The predicted molar refractivity (Wildman–Crippen MR) is 96.9 cm³/mol. The fourth-order valence-electron chi connectivity index (χ4n) is 2.40. The van der Waals surface area contributed by atoms with Gasteiger partial charge in [0, 0.05) is 12.7 Å². The Morgan fingerprint density at radius 3 is 2.04 bits per heavy atom. The number of carbonyl (C=O) groups is 2. The van der Waals surface area contributed by atoms with Gasteiger partial charge in [-0.2, -0.15) is 0 Å². The van der Waals surface area contributed by atoms with Crippen molar-refractivity contribution >= 4 is 11.8 Å². The van der Waals surface area contributed by atoms with Crippen LogP contribution in [0.2, 0.25) is 0 Å². The van der Waals surface area contributed by atoms with Crippen molar-refractivity contribution in [1.82, 2.24) is 10.9 Å². The van der Waals surface area contributed by atoms with Gasteiger partial charge in [0.1, 0.15) is 0 Å². The van der Waals surface area contributed by atoms with Crippen molar-refractivity contribution in [2.45, 2.75) is 32.3 Å². The third-order valence-corrected chi connectivity index (χ3v) is 3.89. The van der Waals surface area contributed by atoms with Gasteiger partial charge in [-0.3, -0.25) is 20.4 Å². The molecule has 132 valence electrons. The summed E-state index contributed by atoms with van der Waals surface area (Å²) in [5.74, 6) is -0.815. The molecule has 0 aliphatic heterocycles. The summed E-state index contributed by atoms with van der Waals surface area (Å²) in [4.78, 5) is 24.4. The van der Waals surface area contributed by atoms with Crippen LogP contribution in [-0.2, 0) is 14.9 Å². The van der Waals surface area contributed by atoms with E-state index in [1.165, 1.54) is 7.11 Å². The molecule has 0 radical (unpaired) electrons. The minimum Gasteiger partial charge on any atom is -0.367 e. The zero-order valence-corrected chi connectivity index (χ0v) is 15.0. The monoisotopic (exact) mass is 340 g/mol. The second kappa shape index (κ2) is 7.94. The molecule has 2 aromatic rings. The standard InChI is InChI=1S/C20H24N2O3/c1-20(2,3)16-12-10-15(11-13-16)18(23)21-22-19(24)17(25-4)14-8-6-5-7-9-14/h5-13,17H,1-4H3,(H,21,23)(H,22,24)/t17-/m0/s1. The van der Waals surface area contributed by atoms with E-state index in [1.54, 1.807) is 24.3 Å². The molecule has 0 aliphatic carbocycles. The van der Waals surface area contributed by atoms with Crippen LogP contribution in [0.1, 0.15) is 48.4 Å². The van der Waals surface area contributed by atoms with Crippen LogP contribution in [0.4, 0.5) is 0 Å². The molecule has 5 heteroatoms. The molecule has 5 nitrogen and oxygen atoms in total. The lowest BCUT2D eigenvalue weighted by Gasteiger charge is -2.19. The van der Waals surface area contributed by atoms with Crippen molar-refractivity contribution in [2.75, 3.05) is 7.11 Å². The van der Waals surface area contributed by atoms with E-state index in [-0.39, 0.29) is 11.3 Å². The number of hydrogen-bond acceptors (Lipinski definition) is 3. The number of carbonyl (C=O) groups excluding carboxylic acids is 2. The number of hydrogen-bond donors (Lipinski definition) is 2. The van der Waals surface area contributed by atoms with E-state index in [9.17, 15) is 9.59 Å². The largest absolute Gasteiger partial charge is 0.367 e. The Kier molecular flexibility index (Phi) is 5.93. The van der Waals surface area contributed by atoms with E-state index in [2.05, 4.69) is 31.6 Å². The Morgan fingerprint density at radius 1 is 0.920 bits per heavy atom. The number of rotatable bonds is 4. The molecule has 0 spiro atoms. The summed E-state index contributed by atoms with van der Waals surface area (Å²) < 4.78 is 5.23. The highest BCUT2D eigenvalue weighted by atomic mass is 16.5. The SMILES string of the molecule is CO[C@H](C(=O)NNC(=O)c1ccc(C(C)(C)C)cc1)c1ccccc1. The van der Waals surface area contributed by atoms with Gasteiger partial charge in [-0.15, -0.1) is 0 Å². The van der Waals surface area contributed by atoms with E-state index in [4.69, 9.17) is 4.74 Å². The lowest BCUT2D eigenvalue weighted by atomic mass is 9.87. The maximum Gasteiger partial charge on any atom is 0.272 e. The third-order valence-electron chi connectivity index (χ3n) is 3.89. The average molecular weight is 340 g/mol. The summed E-state index contributed by atoms with van der Waals surface area (Å²) in [6.07, 6.45) is -0.787. The first-order chi connectivity index (χ1) is 11.8. The molecular formula is C20H24N2O3. The summed E-state index contributed by atoms with van der Waals surface area (Å²) in [5, 5.41) is 0. The Morgan fingerprint density at radius 2 is 1.52 bits per heavy atom. The van der Waals surface area contributed by atoms with Crippen LogP contribution in [0.25, 0.3) is 0 Å². The lowest BCUT2D eigenvalue weighted by Crippen LogP contribution is -2.44. The molecular weight excluding hydrogens is 316 g/mol. The Hall–Kier alpha value is -2.66. The van der Waals surface area contributed by atoms with Crippen LogP contribution < -0.4 is 10.9 Å². The smallest absolute Gasteiger partial charge is 0.272 e. The summed E-state index contributed by atoms with van der Waals surface area (Å²) >= 11 is 0. The highest BCUT2D eigenvalue weighted by Crippen LogP contribution is 2.22. The molecule has 0 fully saturated rings. The fourth-order valence-corrected chi connectivity index (χ4v) is 2.40. The van der Waals surface area contributed by atoms with Crippen LogP contribution in [-0.4, -0.2) is 18.9 Å². The van der Waals surface area contributed by atoms with Crippen LogP contribution in [0.3, 0.4) is 0 Å². The lowest BCUT2D eigenvalue weighted by molar-refractivity contribution is -0.132. The number of ether oxygens (including phenoxy) is 1. The molecule has 0 aliphatic rings. The Balaban J connectivity index is 1.98. The zero-order chi connectivity index (χ0) is 18.4. The van der Waals surface area contributed by atoms with E-state index in [0.29, 0.717) is 11.1 Å². The third kappa shape index (κ3) is 4.90. The normalized spacial score (nSPS) is 12.3. The molecule has 0 saturated heterocycles. The van der Waals surface area contributed by atoms with Crippen LogP contribution in [0.5, 0.6) is 0 Å². The van der Waals surface area contributed by atoms with Crippen molar-refractivity contribution in [3.05, 3.63) is 71.3 Å². The van der Waals surface area contributed by atoms with Gasteiger partial charge < -0.3 is 4.74 Å². The van der Waals surface area contributed by atoms with Crippen LogP contribution >= 0.6 is 0 Å². The van der Waals surface area contributed by atoms with Gasteiger partial charge in [0.15, 0.2) is 6.10 Å². The summed E-state index contributed by atoms with van der Waals surface area (Å²) in [7, 11) is 1.45. The number of hydrazine groups is 1. The average Bonchev–Trinajstić information content (AvgIpc) is 2.60. The van der Waals surface area contributed by atoms with Crippen molar-refractivity contribution in [1.29, 1.82) is 0 Å². The molecule has 0 aromatic heterocycles. The molecule has 0 heterocycles. The molecule has 25 heavy (non-hydrogen) atoms. The summed E-state index contributed by atoms with van der Waals surface area (Å²) in [6, 6.07) is 16.4. The van der Waals surface area contributed by atoms with Crippen molar-refractivity contribution in [2.24, 2.45) is 0 Å². The summed E-state index contributed by atoms with van der Waals surface area (Å²) in [5.41, 5.74) is 7.18. The first kappa shape index (κ1) is 18.7. The molecule has 0 bridgehead atoms. The fraction of sp³-hybridized carbons (Fsp3) is 0.300. The molecule has 2 aromatic carbocycles. The topological polar surface area (TPSA) is 67.4 Å². The molecule has 0 unspecified atom stereocenters.